The van der Waals surface area contributed by atoms with Crippen molar-refractivity contribution < 1.29 is 29.3 Å². The first-order valence-electron chi connectivity index (χ1n) is 20.4. The number of hydrogen-bond donors (Lipinski definition) is 2. The van der Waals surface area contributed by atoms with Crippen molar-refractivity contribution in [2.45, 2.75) is 182 Å². The highest BCUT2D eigenvalue weighted by Crippen LogP contribution is 2.68. The second-order valence-corrected chi connectivity index (χ2v) is 19.6. The number of rotatable bonds is 2. The van der Waals surface area contributed by atoms with Crippen LogP contribution in [0, 0.1) is 69.0 Å². The summed E-state index contributed by atoms with van der Waals surface area (Å²) in [5.74, 6) is 5.48. The van der Waals surface area contributed by atoms with Gasteiger partial charge in [-0.25, -0.2) is 0 Å². The number of esters is 2. The van der Waals surface area contributed by atoms with Crippen LogP contribution < -0.4 is 0 Å². The van der Waals surface area contributed by atoms with Crippen molar-refractivity contribution in [1.29, 1.82) is 0 Å². The highest BCUT2D eigenvalue weighted by molar-refractivity contribution is 5.66. The summed E-state index contributed by atoms with van der Waals surface area (Å²) in [6.45, 7) is 12.6. The van der Waals surface area contributed by atoms with Crippen molar-refractivity contribution in [3.05, 3.63) is 0 Å². The molecule has 6 heteroatoms. The van der Waals surface area contributed by atoms with Crippen LogP contribution in [0.25, 0.3) is 0 Å². The van der Waals surface area contributed by atoms with Gasteiger partial charge in [0.05, 0.1) is 12.2 Å². The number of carbonyl (C=O) groups is 2. The summed E-state index contributed by atoms with van der Waals surface area (Å²) in [6, 6.07) is 0. The molecule has 48 heavy (non-hydrogen) atoms. The average Bonchev–Trinajstić information content (AvgIpc) is 3.44. The Morgan fingerprint density at radius 2 is 1.04 bits per heavy atom. The topological polar surface area (TPSA) is 93.1 Å². The largest absolute Gasteiger partial charge is 0.460 e. The van der Waals surface area contributed by atoms with Gasteiger partial charge in [-0.1, -0.05) is 53.4 Å². The molecule has 272 valence electrons. The van der Waals surface area contributed by atoms with Crippen LogP contribution in [-0.4, -0.2) is 46.6 Å². The summed E-state index contributed by atoms with van der Waals surface area (Å²) >= 11 is 0. The minimum absolute atomic E-state index is 0.0237. The van der Waals surface area contributed by atoms with E-state index in [4.69, 9.17) is 9.47 Å². The van der Waals surface area contributed by atoms with Gasteiger partial charge >= 0.3 is 11.9 Å². The van der Waals surface area contributed by atoms with Crippen molar-refractivity contribution >= 4 is 11.9 Å². The van der Waals surface area contributed by atoms with E-state index >= 15 is 0 Å². The molecule has 8 fully saturated rings. The van der Waals surface area contributed by atoms with E-state index in [9.17, 15) is 19.8 Å². The molecule has 0 saturated heterocycles. The molecule has 0 bridgehead atoms. The Balaban J connectivity index is 0.000000152. The van der Waals surface area contributed by atoms with E-state index in [1.54, 1.807) is 0 Å². The minimum Gasteiger partial charge on any atom is -0.460 e. The maximum absolute atomic E-state index is 11.6. The molecule has 0 heterocycles. The average molecular weight is 669 g/mol. The predicted octanol–water partition coefficient (Wildman–Crippen LogP) is 8.64. The summed E-state index contributed by atoms with van der Waals surface area (Å²) in [4.78, 5) is 23.0. The first-order chi connectivity index (χ1) is 22.7. The zero-order chi connectivity index (χ0) is 34.2. The molecule has 0 aromatic heterocycles. The van der Waals surface area contributed by atoms with Gasteiger partial charge < -0.3 is 19.7 Å². The van der Waals surface area contributed by atoms with E-state index in [1.807, 2.05) is 0 Å². The number of carbonyl (C=O) groups excluding carboxylic acids is 2. The lowest BCUT2D eigenvalue weighted by atomic mass is 9.45. The van der Waals surface area contributed by atoms with Crippen LogP contribution in [0.15, 0.2) is 0 Å². The van der Waals surface area contributed by atoms with Gasteiger partial charge in [-0.05, 0) is 148 Å². The second-order valence-electron chi connectivity index (χ2n) is 19.6. The van der Waals surface area contributed by atoms with Crippen LogP contribution in [-0.2, 0) is 19.1 Å². The molecule has 8 aliphatic carbocycles. The Bertz CT molecular complexity index is 1180. The van der Waals surface area contributed by atoms with E-state index in [1.165, 1.54) is 104 Å². The molecule has 14 unspecified atom stereocenters. The van der Waals surface area contributed by atoms with Crippen LogP contribution in [0.5, 0.6) is 0 Å². The normalized spacial score (nSPS) is 53.7. The van der Waals surface area contributed by atoms with Crippen LogP contribution in [0.4, 0.5) is 0 Å². The lowest BCUT2D eigenvalue weighted by Crippen LogP contribution is -2.53. The monoisotopic (exact) mass is 669 g/mol. The zero-order valence-corrected chi connectivity index (χ0v) is 31.2. The highest BCUT2D eigenvalue weighted by atomic mass is 16.6. The highest BCUT2D eigenvalue weighted by Gasteiger charge is 2.64. The fourth-order valence-corrected chi connectivity index (χ4v) is 15.2. The zero-order valence-electron chi connectivity index (χ0n) is 31.2. The molecular formula is C42H68O6. The molecule has 0 aromatic rings. The summed E-state index contributed by atoms with van der Waals surface area (Å²) in [5.41, 5.74) is 0.962. The Kier molecular flexibility index (Phi) is 9.42. The minimum atomic E-state index is -0.482. The van der Waals surface area contributed by atoms with Gasteiger partial charge in [0.2, 0.25) is 0 Å². The Labute approximate surface area is 291 Å². The van der Waals surface area contributed by atoms with Gasteiger partial charge in [0, 0.05) is 24.7 Å². The van der Waals surface area contributed by atoms with Crippen LogP contribution in [0.2, 0.25) is 0 Å². The molecule has 16 atom stereocenters. The fraction of sp³-hybridized carbons (Fsp3) is 0.952. The summed E-state index contributed by atoms with van der Waals surface area (Å²) in [6.07, 6.45) is 21.6. The maximum Gasteiger partial charge on any atom is 0.303 e. The van der Waals surface area contributed by atoms with Crippen molar-refractivity contribution in [2.24, 2.45) is 69.0 Å². The van der Waals surface area contributed by atoms with E-state index < -0.39 is 12.2 Å². The van der Waals surface area contributed by atoms with Crippen molar-refractivity contribution in [3.63, 3.8) is 0 Å². The fourth-order valence-electron chi connectivity index (χ4n) is 15.2. The Morgan fingerprint density at radius 1 is 0.542 bits per heavy atom. The van der Waals surface area contributed by atoms with Crippen molar-refractivity contribution in [3.8, 4) is 0 Å². The molecule has 0 amide bonds. The molecule has 0 spiro atoms. The standard InChI is InChI=1S/2C21H34O3/c1-13(22)24-18-12-17-15-8-7-14-6-4-5-10-20(14,2)16(15)9-11-21(17,3)19(18)23;1-13(22)24-19-18(23)12-17-15-8-7-14-6-4-5-10-20(14,2)16(15)9-11-21(17,19)3/h2*14-19,23H,4-12H2,1-3H3/t2*14-,15?,16?,17?,18?,19?,20?,21?/m11/s1. The third-order valence-corrected chi connectivity index (χ3v) is 17.7. The number of hydrogen-bond acceptors (Lipinski definition) is 6. The third kappa shape index (κ3) is 5.54. The molecule has 8 saturated carbocycles. The summed E-state index contributed by atoms with van der Waals surface area (Å²) in [5, 5.41) is 21.5. The molecule has 0 radical (unpaired) electrons. The van der Waals surface area contributed by atoms with Gasteiger partial charge in [-0.15, -0.1) is 0 Å². The van der Waals surface area contributed by atoms with Crippen molar-refractivity contribution in [1.82, 2.24) is 0 Å². The molecule has 8 rings (SSSR count). The quantitative estimate of drug-likeness (QED) is 0.286. The van der Waals surface area contributed by atoms with Crippen LogP contribution >= 0.6 is 0 Å². The van der Waals surface area contributed by atoms with Gasteiger partial charge in [-0.2, -0.15) is 0 Å². The van der Waals surface area contributed by atoms with E-state index in [0.717, 1.165) is 61.2 Å². The van der Waals surface area contributed by atoms with Gasteiger partial charge in [0.15, 0.2) is 0 Å². The molecule has 2 N–H and O–H groups in total. The van der Waals surface area contributed by atoms with E-state index in [2.05, 4.69) is 27.7 Å². The van der Waals surface area contributed by atoms with E-state index in [0.29, 0.717) is 22.7 Å². The Hall–Kier alpha value is -1.14. The predicted molar refractivity (Wildman–Crippen MR) is 187 cm³/mol. The van der Waals surface area contributed by atoms with E-state index in [-0.39, 0.29) is 35.0 Å². The van der Waals surface area contributed by atoms with Gasteiger partial charge in [-0.3, -0.25) is 9.59 Å². The van der Waals surface area contributed by atoms with Gasteiger partial charge in [0.25, 0.3) is 0 Å². The third-order valence-electron chi connectivity index (χ3n) is 17.7. The lowest BCUT2D eigenvalue weighted by molar-refractivity contribution is -0.167. The summed E-state index contributed by atoms with van der Waals surface area (Å²) < 4.78 is 11.1. The first kappa shape index (κ1) is 35.3. The molecule has 0 aliphatic heterocycles. The first-order valence-corrected chi connectivity index (χ1v) is 20.4. The number of ether oxygens (including phenoxy) is 2. The summed E-state index contributed by atoms with van der Waals surface area (Å²) in [7, 11) is 0. The van der Waals surface area contributed by atoms with Crippen LogP contribution in [0.3, 0.4) is 0 Å². The molecule has 0 aromatic carbocycles. The van der Waals surface area contributed by atoms with Gasteiger partial charge in [0.1, 0.15) is 12.2 Å². The SMILES string of the molecule is CC(=O)OC1C(O)CC2C3CC[C@H]4CCCCC4(C)C3CCC21C.CC(=O)OC1CC2C3CC[C@H]4CCCCC4(C)C3CCC2(C)C1O. The molecular weight excluding hydrogens is 600 g/mol. The second kappa shape index (κ2) is 12.8. The molecule has 6 nitrogen and oxygen atoms in total. The lowest BCUT2D eigenvalue weighted by Gasteiger charge is -2.60. The number of fused-ring (bicyclic) bond motifs is 10. The maximum atomic E-state index is 11.6. The molecule has 8 aliphatic rings. The number of aliphatic hydroxyl groups excluding tert-OH is 2. The number of aliphatic hydroxyl groups is 2. The Morgan fingerprint density at radius 3 is 1.56 bits per heavy atom. The van der Waals surface area contributed by atoms with Crippen molar-refractivity contribution in [2.75, 3.05) is 0 Å². The van der Waals surface area contributed by atoms with Crippen LogP contribution in [0.1, 0.15) is 157 Å². The smallest absolute Gasteiger partial charge is 0.303 e.